The third kappa shape index (κ3) is 4.94. The lowest BCUT2D eigenvalue weighted by Crippen LogP contribution is -2.52. The zero-order valence-corrected chi connectivity index (χ0v) is 19.6. The van der Waals surface area contributed by atoms with E-state index >= 15 is 0 Å². The molecule has 172 valence electrons. The highest BCUT2D eigenvalue weighted by Gasteiger charge is 2.39. The van der Waals surface area contributed by atoms with E-state index in [1.165, 1.54) is 4.31 Å². The highest BCUT2D eigenvalue weighted by atomic mass is 32.2. The molecule has 0 spiro atoms. The minimum absolute atomic E-state index is 0.153. The number of rotatable bonds is 7. The molecule has 0 saturated heterocycles. The number of ether oxygens (including phenoxy) is 1. The summed E-state index contributed by atoms with van der Waals surface area (Å²) in [5.41, 5.74) is 3.60. The largest absolute Gasteiger partial charge is 0.494 e. The average molecular weight is 465 g/mol. The van der Waals surface area contributed by atoms with Gasteiger partial charge >= 0.3 is 0 Å². The SMILES string of the molecule is CCOc1ccccc1CNC(=O)[C@H]1Cc2ccccc2CN1S(=O)(=O)c1cccc(C)c1. The molecule has 1 heterocycles. The fraction of sp³-hybridized carbons (Fsp3) is 0.269. The number of carbonyl (C=O) groups excluding carboxylic acids is 1. The summed E-state index contributed by atoms with van der Waals surface area (Å²) in [6.45, 7) is 4.69. The molecule has 1 amide bonds. The van der Waals surface area contributed by atoms with Crippen LogP contribution >= 0.6 is 0 Å². The Morgan fingerprint density at radius 2 is 1.76 bits per heavy atom. The first kappa shape index (κ1) is 23.0. The molecule has 1 N–H and O–H groups in total. The van der Waals surface area contributed by atoms with Crippen molar-refractivity contribution in [2.45, 2.75) is 44.3 Å². The summed E-state index contributed by atoms with van der Waals surface area (Å²) in [5, 5.41) is 2.94. The van der Waals surface area contributed by atoms with Crippen LogP contribution in [0.5, 0.6) is 5.75 Å². The topological polar surface area (TPSA) is 75.7 Å². The lowest BCUT2D eigenvalue weighted by Gasteiger charge is -2.35. The molecule has 6 nitrogen and oxygen atoms in total. The van der Waals surface area contributed by atoms with E-state index in [9.17, 15) is 13.2 Å². The van der Waals surface area contributed by atoms with Crippen LogP contribution in [0.2, 0.25) is 0 Å². The van der Waals surface area contributed by atoms with Crippen LogP contribution < -0.4 is 10.1 Å². The lowest BCUT2D eigenvalue weighted by molar-refractivity contribution is -0.125. The van der Waals surface area contributed by atoms with E-state index in [-0.39, 0.29) is 23.9 Å². The van der Waals surface area contributed by atoms with Crippen molar-refractivity contribution in [3.8, 4) is 5.75 Å². The number of sulfonamides is 1. The van der Waals surface area contributed by atoms with Gasteiger partial charge in [0.15, 0.2) is 0 Å². The van der Waals surface area contributed by atoms with Crippen molar-refractivity contribution in [3.63, 3.8) is 0 Å². The maximum absolute atomic E-state index is 13.6. The molecule has 33 heavy (non-hydrogen) atoms. The van der Waals surface area contributed by atoms with Crippen LogP contribution in [0.1, 0.15) is 29.2 Å². The molecule has 1 aliphatic heterocycles. The molecule has 7 heteroatoms. The van der Waals surface area contributed by atoms with Gasteiger partial charge in [0.25, 0.3) is 0 Å². The molecule has 4 rings (SSSR count). The van der Waals surface area contributed by atoms with Crippen LogP contribution in [0, 0.1) is 6.92 Å². The number of hydrogen-bond acceptors (Lipinski definition) is 4. The average Bonchev–Trinajstić information content (AvgIpc) is 2.82. The Balaban J connectivity index is 1.63. The Bertz CT molecular complexity index is 1260. The van der Waals surface area contributed by atoms with Crippen LogP contribution in [0.15, 0.2) is 77.7 Å². The van der Waals surface area contributed by atoms with Crippen LogP contribution in [0.4, 0.5) is 0 Å². The van der Waals surface area contributed by atoms with Crippen LogP contribution in [-0.2, 0) is 34.3 Å². The zero-order valence-electron chi connectivity index (χ0n) is 18.8. The number of carbonyl (C=O) groups is 1. The van der Waals surface area contributed by atoms with Crippen molar-refractivity contribution in [1.29, 1.82) is 0 Å². The number of nitrogens with zero attached hydrogens (tertiary/aromatic N) is 1. The summed E-state index contributed by atoms with van der Waals surface area (Å²) < 4.78 is 34.2. The number of fused-ring (bicyclic) bond motifs is 1. The molecular formula is C26H28N2O4S. The number of aryl methyl sites for hydroxylation is 1. The van der Waals surface area contributed by atoms with Crippen molar-refractivity contribution in [1.82, 2.24) is 9.62 Å². The highest BCUT2D eigenvalue weighted by Crippen LogP contribution is 2.30. The highest BCUT2D eigenvalue weighted by molar-refractivity contribution is 7.89. The molecule has 0 unspecified atom stereocenters. The molecular weight excluding hydrogens is 436 g/mol. The van der Waals surface area contributed by atoms with E-state index in [0.717, 1.165) is 22.3 Å². The van der Waals surface area contributed by atoms with E-state index in [1.807, 2.05) is 68.4 Å². The third-order valence-electron chi connectivity index (χ3n) is 5.83. The molecule has 0 fully saturated rings. The first-order valence-electron chi connectivity index (χ1n) is 11.0. The van der Waals surface area contributed by atoms with Gasteiger partial charge in [-0.3, -0.25) is 4.79 Å². The van der Waals surface area contributed by atoms with Gasteiger partial charge in [-0.15, -0.1) is 0 Å². The van der Waals surface area contributed by atoms with Crippen LogP contribution in [-0.4, -0.2) is 31.3 Å². The standard InChI is InChI=1S/C26H28N2O4S/c1-3-32-25-14-7-6-11-21(25)17-27-26(29)24-16-20-10-4-5-12-22(20)18-28(24)33(30,31)23-13-8-9-19(2)15-23/h4-15,24H,3,16-18H2,1-2H3,(H,27,29)/t24-/m1/s1. The molecule has 0 bridgehead atoms. The van der Waals surface area contributed by atoms with Gasteiger partial charge in [0, 0.05) is 18.7 Å². The fourth-order valence-electron chi connectivity index (χ4n) is 4.13. The second kappa shape index (κ2) is 9.77. The van der Waals surface area contributed by atoms with Gasteiger partial charge in [-0.2, -0.15) is 4.31 Å². The zero-order chi connectivity index (χ0) is 23.4. The number of nitrogens with one attached hydrogen (secondary N) is 1. The van der Waals surface area contributed by atoms with Crippen molar-refractivity contribution in [2.24, 2.45) is 0 Å². The Labute approximate surface area is 195 Å². The third-order valence-corrected chi connectivity index (χ3v) is 7.68. The summed E-state index contributed by atoms with van der Waals surface area (Å²) >= 11 is 0. The van der Waals surface area contributed by atoms with Gasteiger partial charge in [0.2, 0.25) is 15.9 Å². The fourth-order valence-corrected chi connectivity index (χ4v) is 5.80. The Kier molecular flexibility index (Phi) is 6.81. The second-order valence-corrected chi connectivity index (χ2v) is 10.0. The van der Waals surface area contributed by atoms with E-state index in [2.05, 4.69) is 5.32 Å². The van der Waals surface area contributed by atoms with Gasteiger partial charge in [-0.1, -0.05) is 54.6 Å². The smallest absolute Gasteiger partial charge is 0.244 e. The number of benzene rings is 3. The summed E-state index contributed by atoms with van der Waals surface area (Å²) in [7, 11) is -3.87. The maximum Gasteiger partial charge on any atom is 0.244 e. The molecule has 1 aliphatic rings. The van der Waals surface area contributed by atoms with Crippen molar-refractivity contribution in [2.75, 3.05) is 6.61 Å². The minimum Gasteiger partial charge on any atom is -0.494 e. The van der Waals surface area contributed by atoms with Gasteiger partial charge in [0.1, 0.15) is 11.8 Å². The molecule has 0 saturated carbocycles. The van der Waals surface area contributed by atoms with Crippen molar-refractivity contribution >= 4 is 15.9 Å². The second-order valence-electron chi connectivity index (χ2n) is 8.11. The predicted molar refractivity (Wildman–Crippen MR) is 127 cm³/mol. The van der Waals surface area contributed by atoms with Gasteiger partial charge in [-0.25, -0.2) is 8.42 Å². The number of para-hydroxylation sites is 1. The molecule has 3 aromatic carbocycles. The quantitative estimate of drug-likeness (QED) is 0.577. The molecule has 0 radical (unpaired) electrons. The van der Waals surface area contributed by atoms with Gasteiger partial charge in [0.05, 0.1) is 11.5 Å². The molecule has 1 atom stereocenters. The summed E-state index contributed by atoms with van der Waals surface area (Å²) in [5.74, 6) is 0.380. The van der Waals surface area contributed by atoms with E-state index in [0.29, 0.717) is 18.8 Å². The van der Waals surface area contributed by atoms with E-state index < -0.39 is 16.1 Å². The van der Waals surface area contributed by atoms with Crippen LogP contribution in [0.3, 0.4) is 0 Å². The van der Waals surface area contributed by atoms with Crippen LogP contribution in [0.25, 0.3) is 0 Å². The Morgan fingerprint density at radius 1 is 1.03 bits per heavy atom. The lowest BCUT2D eigenvalue weighted by atomic mass is 9.95. The maximum atomic E-state index is 13.6. The Hall–Kier alpha value is -3.16. The molecule has 0 aliphatic carbocycles. The van der Waals surface area contributed by atoms with Crippen molar-refractivity contribution in [3.05, 3.63) is 95.1 Å². The predicted octanol–water partition coefficient (Wildman–Crippen LogP) is 3.83. The first-order valence-corrected chi connectivity index (χ1v) is 12.5. The normalized spacial score (nSPS) is 16.1. The Morgan fingerprint density at radius 3 is 2.52 bits per heavy atom. The first-order chi connectivity index (χ1) is 15.9. The summed E-state index contributed by atoms with van der Waals surface area (Å²) in [6, 6.07) is 21.1. The number of amides is 1. The van der Waals surface area contributed by atoms with Gasteiger partial charge < -0.3 is 10.1 Å². The summed E-state index contributed by atoms with van der Waals surface area (Å²) in [6.07, 6.45) is 0.320. The van der Waals surface area contributed by atoms with E-state index in [1.54, 1.807) is 18.2 Å². The van der Waals surface area contributed by atoms with E-state index in [4.69, 9.17) is 4.74 Å². The van der Waals surface area contributed by atoms with Gasteiger partial charge in [-0.05, 0) is 55.2 Å². The van der Waals surface area contributed by atoms with Crippen molar-refractivity contribution < 1.29 is 17.9 Å². The minimum atomic E-state index is -3.87. The molecule has 0 aromatic heterocycles. The monoisotopic (exact) mass is 464 g/mol. The molecule has 3 aromatic rings. The summed E-state index contributed by atoms with van der Waals surface area (Å²) in [4.78, 5) is 13.5. The number of hydrogen-bond donors (Lipinski definition) is 1.